The number of carboxylic acid groups (broad SMARTS) is 2. The smallest absolute Gasteiger partial charge is 0.328 e. The van der Waals surface area contributed by atoms with Gasteiger partial charge < -0.3 is 25.0 Å². The Balaban J connectivity index is 0.000000390. The molecule has 1 saturated heterocycles. The number of benzene rings is 1. The Labute approximate surface area is 187 Å². The van der Waals surface area contributed by atoms with Crippen LogP contribution in [0.15, 0.2) is 54.7 Å². The minimum atomic E-state index is -1.26. The Morgan fingerprint density at radius 1 is 1.12 bits per heavy atom. The second-order valence-electron chi connectivity index (χ2n) is 7.63. The fraction of sp³-hybridized carbons (Fsp3) is 0.375. The molecule has 0 amide bonds. The van der Waals surface area contributed by atoms with Gasteiger partial charge in [0, 0.05) is 30.8 Å². The molecule has 172 valence electrons. The number of rotatable bonds is 8. The number of nitrogens with one attached hydrogen (secondary N) is 1. The first-order valence-electron chi connectivity index (χ1n) is 10.6. The van der Waals surface area contributed by atoms with Gasteiger partial charge in [0.25, 0.3) is 5.88 Å². The summed E-state index contributed by atoms with van der Waals surface area (Å²) in [6, 6.07) is 11.9. The highest BCUT2D eigenvalue weighted by Gasteiger charge is 2.16. The first kappa shape index (κ1) is 24.9. The third kappa shape index (κ3) is 8.77. The predicted octanol–water partition coefficient (Wildman–Crippen LogP) is 4.09. The van der Waals surface area contributed by atoms with Gasteiger partial charge in [0.15, 0.2) is 5.75 Å². The lowest BCUT2D eigenvalue weighted by atomic mass is 10.0. The molecule has 1 atom stereocenters. The second kappa shape index (κ2) is 13.1. The molecule has 1 aromatic carbocycles. The number of carboxylic acids is 2. The molecule has 3 rings (SSSR count). The highest BCUT2D eigenvalue weighted by molar-refractivity contribution is 5.89. The zero-order chi connectivity index (χ0) is 23.3. The summed E-state index contributed by atoms with van der Waals surface area (Å²) >= 11 is 0. The minimum absolute atomic E-state index is 0.391. The SMILES string of the molecule is CC(C)c1ccccc1Oc1ncccc1OC[C@H]1CCCNC1.O=C(O)/C=C/C(=O)O. The third-order valence-corrected chi connectivity index (χ3v) is 4.73. The van der Waals surface area contributed by atoms with Crippen molar-refractivity contribution in [2.24, 2.45) is 5.92 Å². The van der Waals surface area contributed by atoms with E-state index in [1.807, 2.05) is 30.3 Å². The largest absolute Gasteiger partial charge is 0.488 e. The van der Waals surface area contributed by atoms with Crippen molar-refractivity contribution >= 4 is 11.9 Å². The number of aromatic nitrogens is 1. The Kier molecular flexibility index (Phi) is 10.2. The molecule has 0 saturated carbocycles. The van der Waals surface area contributed by atoms with E-state index in [1.54, 1.807) is 6.20 Å². The molecule has 3 N–H and O–H groups in total. The fourth-order valence-electron chi connectivity index (χ4n) is 3.13. The van der Waals surface area contributed by atoms with E-state index >= 15 is 0 Å². The van der Waals surface area contributed by atoms with Crippen LogP contribution in [0.3, 0.4) is 0 Å². The lowest BCUT2D eigenvalue weighted by Gasteiger charge is -2.23. The van der Waals surface area contributed by atoms with E-state index in [9.17, 15) is 9.59 Å². The van der Waals surface area contributed by atoms with Crippen molar-refractivity contribution in [2.45, 2.75) is 32.6 Å². The van der Waals surface area contributed by atoms with Crippen LogP contribution in [0.1, 0.15) is 38.2 Å². The average Bonchev–Trinajstić information content (AvgIpc) is 2.78. The van der Waals surface area contributed by atoms with Crippen molar-refractivity contribution in [1.29, 1.82) is 0 Å². The van der Waals surface area contributed by atoms with E-state index in [1.165, 1.54) is 18.4 Å². The molecule has 0 spiro atoms. The van der Waals surface area contributed by atoms with Crippen molar-refractivity contribution in [1.82, 2.24) is 10.3 Å². The second-order valence-corrected chi connectivity index (χ2v) is 7.63. The normalized spacial score (nSPS) is 15.7. The maximum absolute atomic E-state index is 9.55. The number of ether oxygens (including phenoxy) is 2. The van der Waals surface area contributed by atoms with Gasteiger partial charge in [0.2, 0.25) is 0 Å². The highest BCUT2D eigenvalue weighted by atomic mass is 16.5. The molecule has 1 aromatic heterocycles. The van der Waals surface area contributed by atoms with Gasteiger partial charge in [-0.25, -0.2) is 14.6 Å². The number of piperidine rings is 1. The van der Waals surface area contributed by atoms with Crippen molar-refractivity contribution in [3.63, 3.8) is 0 Å². The number of nitrogens with zero attached hydrogens (tertiary/aromatic N) is 1. The monoisotopic (exact) mass is 442 g/mol. The summed E-state index contributed by atoms with van der Waals surface area (Å²) in [7, 11) is 0. The molecule has 0 unspecified atom stereocenters. The maximum atomic E-state index is 9.55. The summed E-state index contributed by atoms with van der Waals surface area (Å²) in [6.45, 7) is 7.15. The lowest BCUT2D eigenvalue weighted by Crippen LogP contribution is -2.33. The third-order valence-electron chi connectivity index (χ3n) is 4.73. The van der Waals surface area contributed by atoms with E-state index in [-0.39, 0.29) is 0 Å². The Morgan fingerprint density at radius 3 is 2.44 bits per heavy atom. The molecule has 0 radical (unpaired) electrons. The average molecular weight is 443 g/mol. The molecule has 8 heteroatoms. The maximum Gasteiger partial charge on any atom is 0.328 e. The number of aliphatic carboxylic acids is 2. The predicted molar refractivity (Wildman–Crippen MR) is 120 cm³/mol. The van der Waals surface area contributed by atoms with Gasteiger partial charge in [-0.15, -0.1) is 0 Å². The van der Waals surface area contributed by atoms with Crippen LogP contribution < -0.4 is 14.8 Å². The van der Waals surface area contributed by atoms with Crippen molar-refractivity contribution in [3.05, 3.63) is 60.3 Å². The molecule has 2 aromatic rings. The number of hydrogen-bond acceptors (Lipinski definition) is 6. The van der Waals surface area contributed by atoms with Gasteiger partial charge >= 0.3 is 11.9 Å². The lowest BCUT2D eigenvalue weighted by molar-refractivity contribution is -0.134. The summed E-state index contributed by atoms with van der Waals surface area (Å²) in [5.41, 5.74) is 1.17. The van der Waals surface area contributed by atoms with Crippen LogP contribution in [0.25, 0.3) is 0 Å². The molecular formula is C24H30N2O6. The first-order valence-corrected chi connectivity index (χ1v) is 10.6. The van der Waals surface area contributed by atoms with Crippen LogP contribution in [0.2, 0.25) is 0 Å². The molecule has 1 aliphatic rings. The molecule has 1 fully saturated rings. The van der Waals surface area contributed by atoms with Crippen LogP contribution in [0.5, 0.6) is 17.4 Å². The standard InChI is InChI=1S/C20H26N2O2.C4H4O4/c1-15(2)17-8-3-4-9-18(17)24-20-19(10-6-12-22-20)23-14-16-7-5-11-21-13-16;5-3(6)1-2-4(7)8/h3-4,6,8-10,12,15-16,21H,5,7,11,13-14H2,1-2H3;1-2H,(H,5,6)(H,7,8)/b;2-1+/t16-;/m0./s1. The number of pyridine rings is 1. The summed E-state index contributed by atoms with van der Waals surface area (Å²) < 4.78 is 12.1. The van der Waals surface area contributed by atoms with Gasteiger partial charge in [0.05, 0.1) is 6.61 Å². The summed E-state index contributed by atoms with van der Waals surface area (Å²) in [5, 5.41) is 19.0. The molecule has 0 bridgehead atoms. The molecule has 8 nitrogen and oxygen atoms in total. The molecule has 32 heavy (non-hydrogen) atoms. The summed E-state index contributed by atoms with van der Waals surface area (Å²) in [4.78, 5) is 23.5. The first-order chi connectivity index (χ1) is 15.4. The van der Waals surface area contributed by atoms with Crippen LogP contribution in [-0.4, -0.2) is 46.8 Å². The van der Waals surface area contributed by atoms with E-state index in [0.717, 1.165) is 18.8 Å². The molecule has 2 heterocycles. The fourth-order valence-corrected chi connectivity index (χ4v) is 3.13. The van der Waals surface area contributed by atoms with Gasteiger partial charge in [-0.05, 0) is 49.1 Å². The van der Waals surface area contributed by atoms with Crippen molar-refractivity contribution in [2.75, 3.05) is 19.7 Å². The zero-order valence-corrected chi connectivity index (χ0v) is 18.4. The Hall–Kier alpha value is -3.39. The van der Waals surface area contributed by atoms with Crippen molar-refractivity contribution in [3.8, 4) is 17.4 Å². The van der Waals surface area contributed by atoms with Crippen LogP contribution in [-0.2, 0) is 9.59 Å². The number of hydrogen-bond donors (Lipinski definition) is 3. The van der Waals surface area contributed by atoms with Gasteiger partial charge in [-0.1, -0.05) is 32.0 Å². The number of carbonyl (C=O) groups is 2. The van der Waals surface area contributed by atoms with Crippen LogP contribution in [0.4, 0.5) is 0 Å². The van der Waals surface area contributed by atoms with Gasteiger partial charge in [0.1, 0.15) is 5.75 Å². The van der Waals surface area contributed by atoms with Crippen LogP contribution >= 0.6 is 0 Å². The Bertz CT molecular complexity index is 891. The molecular weight excluding hydrogens is 412 g/mol. The minimum Gasteiger partial charge on any atom is -0.488 e. The zero-order valence-electron chi connectivity index (χ0n) is 18.4. The van der Waals surface area contributed by atoms with E-state index in [2.05, 4.69) is 30.2 Å². The van der Waals surface area contributed by atoms with E-state index in [0.29, 0.717) is 42.2 Å². The topological polar surface area (TPSA) is 118 Å². The summed E-state index contributed by atoms with van der Waals surface area (Å²) in [5.74, 6) is 0.517. The van der Waals surface area contributed by atoms with E-state index < -0.39 is 11.9 Å². The van der Waals surface area contributed by atoms with Crippen LogP contribution in [0, 0.1) is 5.92 Å². The van der Waals surface area contributed by atoms with Gasteiger partial charge in [-0.3, -0.25) is 0 Å². The number of para-hydroxylation sites is 1. The molecule has 1 aliphatic heterocycles. The van der Waals surface area contributed by atoms with Crippen molar-refractivity contribution < 1.29 is 29.3 Å². The van der Waals surface area contributed by atoms with Gasteiger partial charge in [-0.2, -0.15) is 0 Å². The van der Waals surface area contributed by atoms with E-state index in [4.69, 9.17) is 19.7 Å². The Morgan fingerprint density at radius 2 is 1.81 bits per heavy atom. The highest BCUT2D eigenvalue weighted by Crippen LogP contribution is 2.34. The summed E-state index contributed by atoms with van der Waals surface area (Å²) in [6.07, 6.45) is 5.28. The quantitative estimate of drug-likeness (QED) is 0.523. The molecule has 0 aliphatic carbocycles.